The molecule has 0 saturated carbocycles. The van der Waals surface area contributed by atoms with Crippen LogP contribution < -0.4 is 4.90 Å². The summed E-state index contributed by atoms with van der Waals surface area (Å²) < 4.78 is 16.1. The quantitative estimate of drug-likeness (QED) is 0.734. The zero-order valence-corrected chi connectivity index (χ0v) is 11.4. The molecule has 2 aliphatic heterocycles. The highest BCUT2D eigenvalue weighted by Crippen LogP contribution is 2.31. The molecule has 1 aromatic rings. The molecule has 20 heavy (non-hydrogen) atoms. The van der Waals surface area contributed by atoms with Gasteiger partial charge in [0.1, 0.15) is 5.82 Å². The van der Waals surface area contributed by atoms with Crippen LogP contribution in [-0.2, 0) is 14.2 Å². The molecule has 7 nitrogen and oxygen atoms in total. The number of carbonyl (C=O) groups is 1. The van der Waals surface area contributed by atoms with E-state index >= 15 is 0 Å². The first-order chi connectivity index (χ1) is 9.72. The number of piperidine rings is 1. The van der Waals surface area contributed by atoms with Gasteiger partial charge in [-0.3, -0.25) is 4.98 Å². The highest BCUT2D eigenvalue weighted by Gasteiger charge is 2.41. The van der Waals surface area contributed by atoms with E-state index < -0.39 is 11.8 Å². The van der Waals surface area contributed by atoms with Crippen molar-refractivity contribution < 1.29 is 19.0 Å². The fraction of sp³-hybridized carbons (Fsp3) is 0.615. The van der Waals surface area contributed by atoms with Gasteiger partial charge in [-0.1, -0.05) is 0 Å². The van der Waals surface area contributed by atoms with Gasteiger partial charge in [0.25, 0.3) is 0 Å². The van der Waals surface area contributed by atoms with Crippen LogP contribution >= 0.6 is 0 Å². The lowest BCUT2D eigenvalue weighted by atomic mass is 10.0. The number of esters is 1. The Kier molecular flexibility index (Phi) is 3.54. The Morgan fingerprint density at radius 2 is 2.20 bits per heavy atom. The minimum Gasteiger partial charge on any atom is -0.464 e. The van der Waals surface area contributed by atoms with Crippen molar-refractivity contribution in [3.63, 3.8) is 0 Å². The summed E-state index contributed by atoms with van der Waals surface area (Å²) in [6.45, 7) is 2.70. The second kappa shape index (κ2) is 5.34. The Labute approximate surface area is 116 Å². The number of nitrogens with zero attached hydrogens (tertiary/aromatic N) is 3. The maximum Gasteiger partial charge on any atom is 0.358 e. The average Bonchev–Trinajstić information content (AvgIpc) is 2.94. The molecule has 0 aliphatic carbocycles. The van der Waals surface area contributed by atoms with Crippen molar-refractivity contribution in [1.82, 2.24) is 9.97 Å². The summed E-state index contributed by atoms with van der Waals surface area (Å²) in [5.74, 6) is -0.369. The van der Waals surface area contributed by atoms with Crippen LogP contribution in [0.4, 0.5) is 5.82 Å². The lowest BCUT2D eigenvalue weighted by Gasteiger charge is -2.39. The molecule has 2 fully saturated rings. The third kappa shape index (κ3) is 2.46. The Morgan fingerprint density at radius 3 is 2.95 bits per heavy atom. The van der Waals surface area contributed by atoms with Gasteiger partial charge in [0.05, 0.1) is 39.3 Å². The Morgan fingerprint density at radius 1 is 1.40 bits per heavy atom. The number of methoxy groups -OCH3 is 1. The van der Waals surface area contributed by atoms with Crippen molar-refractivity contribution in [2.75, 3.05) is 38.3 Å². The van der Waals surface area contributed by atoms with Crippen LogP contribution in [0.5, 0.6) is 0 Å². The van der Waals surface area contributed by atoms with E-state index in [2.05, 4.69) is 14.7 Å². The van der Waals surface area contributed by atoms with Crippen molar-refractivity contribution in [2.45, 2.75) is 18.6 Å². The van der Waals surface area contributed by atoms with Crippen LogP contribution in [0.15, 0.2) is 12.4 Å². The van der Waals surface area contributed by atoms with Gasteiger partial charge in [-0.05, 0) is 6.42 Å². The molecule has 108 valence electrons. The summed E-state index contributed by atoms with van der Waals surface area (Å²) in [6, 6.07) is 0. The van der Waals surface area contributed by atoms with E-state index in [4.69, 9.17) is 9.47 Å². The molecule has 0 radical (unpaired) electrons. The van der Waals surface area contributed by atoms with E-state index in [0.29, 0.717) is 25.6 Å². The molecule has 0 N–H and O–H groups in total. The summed E-state index contributed by atoms with van der Waals surface area (Å²) in [7, 11) is 1.33. The molecule has 3 rings (SSSR count). The van der Waals surface area contributed by atoms with Crippen molar-refractivity contribution in [3.05, 3.63) is 18.1 Å². The summed E-state index contributed by atoms with van der Waals surface area (Å²) in [4.78, 5) is 21.9. The van der Waals surface area contributed by atoms with Gasteiger partial charge in [-0.25, -0.2) is 9.78 Å². The fourth-order valence-electron chi connectivity index (χ4n) is 2.63. The van der Waals surface area contributed by atoms with Gasteiger partial charge < -0.3 is 19.1 Å². The average molecular weight is 279 g/mol. The van der Waals surface area contributed by atoms with Crippen molar-refractivity contribution in [1.29, 1.82) is 0 Å². The van der Waals surface area contributed by atoms with Crippen LogP contribution in [0.25, 0.3) is 0 Å². The summed E-state index contributed by atoms with van der Waals surface area (Å²) >= 11 is 0. The molecule has 0 amide bonds. The van der Waals surface area contributed by atoms with Gasteiger partial charge in [0.15, 0.2) is 11.5 Å². The first kappa shape index (κ1) is 13.3. The molecule has 0 aromatic carbocycles. The smallest absolute Gasteiger partial charge is 0.358 e. The third-order valence-electron chi connectivity index (χ3n) is 3.57. The number of anilines is 1. The molecule has 1 spiro atoms. The molecule has 3 heterocycles. The van der Waals surface area contributed by atoms with Crippen LogP contribution in [0.1, 0.15) is 23.3 Å². The van der Waals surface area contributed by atoms with Crippen molar-refractivity contribution in [3.8, 4) is 0 Å². The molecular weight excluding hydrogens is 262 g/mol. The first-order valence-corrected chi connectivity index (χ1v) is 6.66. The Bertz CT molecular complexity index is 502. The van der Waals surface area contributed by atoms with Gasteiger partial charge >= 0.3 is 5.97 Å². The molecule has 2 saturated heterocycles. The number of hydrogen-bond donors (Lipinski definition) is 0. The number of hydrogen-bond acceptors (Lipinski definition) is 7. The number of aromatic nitrogens is 2. The molecule has 0 unspecified atom stereocenters. The molecule has 0 atom stereocenters. The van der Waals surface area contributed by atoms with Gasteiger partial charge in [-0.2, -0.15) is 0 Å². The molecule has 1 aromatic heterocycles. The minimum absolute atomic E-state index is 0.206. The highest BCUT2D eigenvalue weighted by molar-refractivity contribution is 5.87. The molecule has 2 aliphatic rings. The Balaban J connectivity index is 1.80. The minimum atomic E-state index is -0.527. The van der Waals surface area contributed by atoms with Crippen LogP contribution in [0.2, 0.25) is 0 Å². The maximum atomic E-state index is 11.5. The second-order valence-corrected chi connectivity index (χ2v) is 4.89. The molecule has 0 bridgehead atoms. The molecular formula is C13H17N3O4. The first-order valence-electron chi connectivity index (χ1n) is 6.66. The van der Waals surface area contributed by atoms with Crippen LogP contribution in [0, 0.1) is 0 Å². The summed E-state index contributed by atoms with van der Waals surface area (Å²) in [6.07, 6.45) is 4.87. The predicted octanol–water partition coefficient (Wildman–Crippen LogP) is 0.606. The zero-order valence-electron chi connectivity index (χ0n) is 11.4. The number of carbonyl (C=O) groups excluding carboxylic acids is 1. The molecule has 7 heteroatoms. The fourth-order valence-corrected chi connectivity index (χ4v) is 2.63. The van der Waals surface area contributed by atoms with Crippen LogP contribution in [0.3, 0.4) is 0 Å². The Hall–Kier alpha value is -1.73. The van der Waals surface area contributed by atoms with Gasteiger partial charge in [0, 0.05) is 13.0 Å². The maximum absolute atomic E-state index is 11.5. The second-order valence-electron chi connectivity index (χ2n) is 4.89. The number of ether oxygens (including phenoxy) is 3. The predicted molar refractivity (Wildman–Crippen MR) is 69.5 cm³/mol. The van der Waals surface area contributed by atoms with Gasteiger partial charge in [0.2, 0.25) is 0 Å². The van der Waals surface area contributed by atoms with E-state index in [1.807, 2.05) is 4.90 Å². The monoisotopic (exact) mass is 279 g/mol. The van der Waals surface area contributed by atoms with E-state index in [1.165, 1.54) is 13.3 Å². The largest absolute Gasteiger partial charge is 0.464 e. The zero-order chi connectivity index (χ0) is 14.0. The van der Waals surface area contributed by atoms with E-state index in [0.717, 1.165) is 19.4 Å². The summed E-state index contributed by atoms with van der Waals surface area (Å²) in [5, 5.41) is 0. The standard InChI is InChI=1S/C13H17N3O4/c1-18-12(17)10-7-14-8-11(15-10)16-4-2-3-13(9-16)19-5-6-20-13/h7-8H,2-6,9H2,1H3. The summed E-state index contributed by atoms with van der Waals surface area (Å²) in [5.41, 5.74) is 0.206. The van der Waals surface area contributed by atoms with Crippen LogP contribution in [-0.4, -0.2) is 55.1 Å². The highest BCUT2D eigenvalue weighted by atomic mass is 16.7. The lowest BCUT2D eigenvalue weighted by molar-refractivity contribution is -0.161. The van der Waals surface area contributed by atoms with Gasteiger partial charge in [-0.15, -0.1) is 0 Å². The third-order valence-corrected chi connectivity index (χ3v) is 3.57. The van der Waals surface area contributed by atoms with Crippen molar-refractivity contribution >= 4 is 11.8 Å². The van der Waals surface area contributed by atoms with Crippen molar-refractivity contribution in [2.24, 2.45) is 0 Å². The van der Waals surface area contributed by atoms with E-state index in [9.17, 15) is 4.79 Å². The number of rotatable bonds is 2. The SMILES string of the molecule is COC(=O)c1cncc(N2CCCC3(C2)OCCO3)n1. The normalized spacial score (nSPS) is 21.1. The van der Waals surface area contributed by atoms with E-state index in [-0.39, 0.29) is 5.69 Å². The van der Waals surface area contributed by atoms with E-state index in [1.54, 1.807) is 6.20 Å². The lowest BCUT2D eigenvalue weighted by Crippen LogP contribution is -2.49. The topological polar surface area (TPSA) is 73.8 Å².